The topological polar surface area (TPSA) is 59.1 Å². The number of rotatable bonds is 8. The van der Waals surface area contributed by atoms with Gasteiger partial charge in [-0.25, -0.2) is 4.79 Å². The molecule has 1 amide bonds. The zero-order valence-corrected chi connectivity index (χ0v) is 25.2. The van der Waals surface area contributed by atoms with E-state index in [0.717, 1.165) is 17.0 Å². The van der Waals surface area contributed by atoms with E-state index in [2.05, 4.69) is 0 Å². The van der Waals surface area contributed by atoms with E-state index in [1.165, 1.54) is 13.0 Å². The molecule has 0 aromatic heterocycles. The van der Waals surface area contributed by atoms with Crippen molar-refractivity contribution in [2.45, 2.75) is 83.3 Å². The third-order valence-electron chi connectivity index (χ3n) is 8.48. The van der Waals surface area contributed by atoms with Crippen LogP contribution in [0.1, 0.15) is 85.6 Å². The van der Waals surface area contributed by atoms with Crippen LogP contribution < -0.4 is 0 Å². The number of ether oxygens (including phenoxy) is 2. The average Bonchev–Trinajstić information content (AvgIpc) is 3.25. The number of alkyl halides is 9. The third kappa shape index (κ3) is 7.72. The summed E-state index contributed by atoms with van der Waals surface area (Å²) >= 11 is 0. The number of hydrogen-bond donors (Lipinski definition) is 0. The molecular formula is C31H33F9N2O4. The number of halogens is 9. The number of amides is 1. The second-order valence-electron chi connectivity index (χ2n) is 11.4. The molecule has 2 aliphatic heterocycles. The molecule has 15 heteroatoms. The molecule has 3 atom stereocenters. The molecule has 0 aliphatic carbocycles. The number of cyclic esters (lactones) is 1. The number of benzene rings is 2. The maximum atomic E-state index is 13.8. The summed E-state index contributed by atoms with van der Waals surface area (Å²) in [5.41, 5.74) is -4.16. The lowest BCUT2D eigenvalue weighted by Crippen LogP contribution is -2.40. The van der Waals surface area contributed by atoms with Crippen molar-refractivity contribution in [3.8, 4) is 0 Å². The van der Waals surface area contributed by atoms with Gasteiger partial charge < -0.3 is 9.47 Å². The van der Waals surface area contributed by atoms with Gasteiger partial charge in [0.1, 0.15) is 6.10 Å². The summed E-state index contributed by atoms with van der Waals surface area (Å²) < 4.78 is 133. The van der Waals surface area contributed by atoms with E-state index in [1.807, 2.05) is 11.8 Å². The van der Waals surface area contributed by atoms with Gasteiger partial charge in [0.25, 0.3) is 0 Å². The minimum Gasteiger partial charge on any atom is -0.466 e. The monoisotopic (exact) mass is 668 g/mol. The van der Waals surface area contributed by atoms with Gasteiger partial charge in [0.05, 0.1) is 35.3 Å². The second-order valence-corrected chi connectivity index (χ2v) is 11.4. The SMILES string of the molecule is CCOC(=O)C1CCN(C(CC)c2ccc(C(F)(F)F)cc2CN2C(=O)O[C@H](c3cc(C(F)(F)F)cc(C(F)(F)F)c3)[C@@H]2C)CC1. The van der Waals surface area contributed by atoms with Gasteiger partial charge in [0.15, 0.2) is 0 Å². The van der Waals surface area contributed by atoms with E-state index in [1.54, 1.807) is 6.92 Å². The van der Waals surface area contributed by atoms with Gasteiger partial charge in [0, 0.05) is 12.6 Å². The largest absolute Gasteiger partial charge is 0.466 e. The molecule has 4 rings (SSSR count). The first-order valence-electron chi connectivity index (χ1n) is 14.7. The summed E-state index contributed by atoms with van der Waals surface area (Å²) in [5, 5.41) is 0. The van der Waals surface area contributed by atoms with Crippen LogP contribution in [0.15, 0.2) is 36.4 Å². The Morgan fingerprint density at radius 2 is 1.46 bits per heavy atom. The third-order valence-corrected chi connectivity index (χ3v) is 8.48. The number of likely N-dealkylation sites (tertiary alicyclic amines) is 1. The molecule has 0 N–H and O–H groups in total. The van der Waals surface area contributed by atoms with Gasteiger partial charge in [0.2, 0.25) is 0 Å². The highest BCUT2D eigenvalue weighted by Gasteiger charge is 2.44. The predicted octanol–water partition coefficient (Wildman–Crippen LogP) is 8.55. The molecule has 0 radical (unpaired) electrons. The number of esters is 1. The molecule has 46 heavy (non-hydrogen) atoms. The van der Waals surface area contributed by atoms with Gasteiger partial charge in [-0.15, -0.1) is 0 Å². The van der Waals surface area contributed by atoms with Gasteiger partial charge in [-0.1, -0.05) is 13.0 Å². The van der Waals surface area contributed by atoms with Crippen LogP contribution >= 0.6 is 0 Å². The Morgan fingerprint density at radius 3 is 1.96 bits per heavy atom. The molecule has 2 aromatic rings. The molecular weight excluding hydrogens is 635 g/mol. The van der Waals surface area contributed by atoms with Crippen molar-refractivity contribution in [3.05, 3.63) is 69.8 Å². The van der Waals surface area contributed by atoms with E-state index >= 15 is 0 Å². The number of hydrogen-bond acceptors (Lipinski definition) is 5. The Morgan fingerprint density at radius 1 is 0.891 bits per heavy atom. The van der Waals surface area contributed by atoms with E-state index in [0.29, 0.717) is 50.0 Å². The van der Waals surface area contributed by atoms with E-state index in [4.69, 9.17) is 9.47 Å². The first kappa shape index (κ1) is 35.4. The van der Waals surface area contributed by atoms with Crippen LogP contribution in [0, 0.1) is 5.92 Å². The molecule has 2 aromatic carbocycles. The quantitative estimate of drug-likeness (QED) is 0.209. The van der Waals surface area contributed by atoms with Gasteiger partial charge >= 0.3 is 30.6 Å². The Labute approximate surface area is 259 Å². The molecule has 2 saturated heterocycles. The Bertz CT molecular complexity index is 1380. The minimum absolute atomic E-state index is 0.0436. The van der Waals surface area contributed by atoms with Crippen LogP contribution in [-0.4, -0.2) is 47.6 Å². The first-order valence-corrected chi connectivity index (χ1v) is 14.7. The van der Waals surface area contributed by atoms with Crippen LogP contribution in [0.5, 0.6) is 0 Å². The highest BCUT2D eigenvalue weighted by atomic mass is 19.4. The highest BCUT2D eigenvalue weighted by Crippen LogP contribution is 2.42. The van der Waals surface area contributed by atoms with Crippen molar-refractivity contribution in [1.82, 2.24) is 9.80 Å². The fourth-order valence-electron chi connectivity index (χ4n) is 6.11. The number of piperidine rings is 1. The smallest absolute Gasteiger partial charge is 0.416 e. The summed E-state index contributed by atoms with van der Waals surface area (Å²) in [5.74, 6) is -0.628. The lowest BCUT2D eigenvalue weighted by Gasteiger charge is -2.38. The fourth-order valence-corrected chi connectivity index (χ4v) is 6.11. The molecule has 2 heterocycles. The van der Waals surface area contributed by atoms with Gasteiger partial charge in [-0.2, -0.15) is 39.5 Å². The lowest BCUT2D eigenvalue weighted by atomic mass is 9.90. The van der Waals surface area contributed by atoms with Crippen LogP contribution in [0.25, 0.3) is 0 Å². The molecule has 1 unspecified atom stereocenters. The van der Waals surface area contributed by atoms with Crippen molar-refractivity contribution in [3.63, 3.8) is 0 Å². The van der Waals surface area contributed by atoms with Crippen molar-refractivity contribution in [1.29, 1.82) is 0 Å². The van der Waals surface area contributed by atoms with Gasteiger partial charge in [-0.3, -0.25) is 14.6 Å². The number of nitrogens with zero attached hydrogens (tertiary/aromatic N) is 2. The normalized spacial score (nSPS) is 21.0. The van der Waals surface area contributed by atoms with E-state index in [-0.39, 0.29) is 30.1 Å². The van der Waals surface area contributed by atoms with E-state index in [9.17, 15) is 49.1 Å². The second kappa shape index (κ2) is 13.3. The summed E-state index contributed by atoms with van der Waals surface area (Å²) in [7, 11) is 0. The number of carbonyl (C=O) groups is 2. The predicted molar refractivity (Wildman–Crippen MR) is 146 cm³/mol. The fraction of sp³-hybridized carbons (Fsp3) is 0.548. The van der Waals surface area contributed by atoms with Crippen molar-refractivity contribution in [2.75, 3.05) is 19.7 Å². The zero-order valence-electron chi connectivity index (χ0n) is 25.2. The maximum Gasteiger partial charge on any atom is 0.416 e. The van der Waals surface area contributed by atoms with Crippen molar-refractivity contribution < 1.29 is 58.6 Å². The average molecular weight is 669 g/mol. The van der Waals surface area contributed by atoms with Crippen LogP contribution in [0.4, 0.5) is 44.3 Å². The van der Waals surface area contributed by atoms with Gasteiger partial charge in [-0.05, 0) is 93.2 Å². The highest BCUT2D eigenvalue weighted by molar-refractivity contribution is 5.72. The van der Waals surface area contributed by atoms with Crippen LogP contribution in [0.2, 0.25) is 0 Å². The van der Waals surface area contributed by atoms with Crippen molar-refractivity contribution >= 4 is 12.1 Å². The van der Waals surface area contributed by atoms with E-state index < -0.39 is 71.6 Å². The minimum atomic E-state index is -5.13. The zero-order chi connectivity index (χ0) is 34.2. The standard InChI is InChI=1S/C31H33F9N2O4/c1-4-25(41-10-8-18(9-11-41)27(43)45-5-2)24-7-6-21(29(32,33)34)14-20(24)16-42-17(3)26(46-28(42)44)19-12-22(30(35,36)37)15-23(13-19)31(38,39)40/h6-7,12-15,17-18,25-26H,4-5,8-11,16H2,1-3H3/t17-,25?,26-/m0/s1. The molecule has 0 bridgehead atoms. The molecule has 0 spiro atoms. The Kier molecular flexibility index (Phi) is 10.2. The molecule has 2 aliphatic rings. The Balaban J connectivity index is 1.66. The Hall–Kier alpha value is -3.49. The summed E-state index contributed by atoms with van der Waals surface area (Å²) in [6.07, 6.45) is -16.3. The maximum absolute atomic E-state index is 13.8. The lowest BCUT2D eigenvalue weighted by molar-refractivity contribution is -0.150. The molecule has 254 valence electrons. The summed E-state index contributed by atoms with van der Waals surface area (Å²) in [6.45, 7) is 5.56. The van der Waals surface area contributed by atoms with Crippen LogP contribution in [-0.2, 0) is 39.3 Å². The molecule has 2 fully saturated rings. The number of carbonyl (C=O) groups excluding carboxylic acids is 2. The molecule has 0 saturated carbocycles. The summed E-state index contributed by atoms with van der Waals surface area (Å²) in [6, 6.07) is 2.47. The molecule has 6 nitrogen and oxygen atoms in total. The summed E-state index contributed by atoms with van der Waals surface area (Å²) in [4.78, 5) is 28.2. The van der Waals surface area contributed by atoms with Crippen LogP contribution in [0.3, 0.4) is 0 Å². The first-order chi connectivity index (χ1) is 21.3. The van der Waals surface area contributed by atoms with Crippen molar-refractivity contribution in [2.24, 2.45) is 5.92 Å².